The summed E-state index contributed by atoms with van der Waals surface area (Å²) in [7, 11) is 0. The summed E-state index contributed by atoms with van der Waals surface area (Å²) in [5.74, 6) is -0.322. The molecule has 12 heteroatoms. The van der Waals surface area contributed by atoms with E-state index in [0.29, 0.717) is 35.2 Å². The molecule has 4 N–H and O–H groups in total. The Hall–Kier alpha value is -3.76. The van der Waals surface area contributed by atoms with Gasteiger partial charge in [-0.3, -0.25) is 19.6 Å². The molecule has 2 aromatic carbocycles. The topological polar surface area (TPSA) is 142 Å². The summed E-state index contributed by atoms with van der Waals surface area (Å²) in [4.78, 5) is 27.1. The summed E-state index contributed by atoms with van der Waals surface area (Å²) in [6.45, 7) is 7.70. The van der Waals surface area contributed by atoms with Gasteiger partial charge in [0.25, 0.3) is 5.91 Å². The van der Waals surface area contributed by atoms with Crippen LogP contribution in [-0.2, 0) is 11.3 Å². The van der Waals surface area contributed by atoms with Crippen LogP contribution in [0.25, 0.3) is 11.3 Å². The van der Waals surface area contributed by atoms with Gasteiger partial charge in [-0.05, 0) is 60.0 Å². The average Bonchev–Trinajstić information content (AvgIpc) is 3.31. The minimum atomic E-state index is -0.451. The molecule has 10 nitrogen and oxygen atoms in total. The van der Waals surface area contributed by atoms with E-state index in [1.807, 2.05) is 54.6 Å². The molecule has 0 unspecified atom stereocenters. The second kappa shape index (κ2) is 12.2. The molecule has 1 aliphatic heterocycles. The Bertz CT molecular complexity index is 1420. The van der Waals surface area contributed by atoms with Gasteiger partial charge in [-0.2, -0.15) is 10.6 Å². The average molecular weight is 584 g/mol. The molecule has 1 aliphatic rings. The van der Waals surface area contributed by atoms with Gasteiger partial charge in [0.05, 0.1) is 12.2 Å². The maximum atomic E-state index is 12.8. The van der Waals surface area contributed by atoms with Crippen LogP contribution in [0.5, 0.6) is 0 Å². The van der Waals surface area contributed by atoms with E-state index in [0.717, 1.165) is 35.4 Å². The Morgan fingerprint density at radius 1 is 1.07 bits per heavy atom. The van der Waals surface area contributed by atoms with Crippen molar-refractivity contribution in [3.05, 3.63) is 75.4 Å². The molecular formula is C28H32Cl2N8O2. The van der Waals surface area contributed by atoms with Gasteiger partial charge >= 0.3 is 0 Å². The van der Waals surface area contributed by atoms with Crippen LogP contribution in [0.3, 0.4) is 0 Å². The van der Waals surface area contributed by atoms with Gasteiger partial charge in [0.2, 0.25) is 11.9 Å². The van der Waals surface area contributed by atoms with Gasteiger partial charge in [-0.25, -0.2) is 0 Å². The highest BCUT2D eigenvalue weighted by Crippen LogP contribution is 2.34. The number of hydrogen-bond acceptors (Lipinski definition) is 5. The van der Waals surface area contributed by atoms with E-state index in [1.54, 1.807) is 18.2 Å². The number of amides is 2. The lowest BCUT2D eigenvalue weighted by atomic mass is 9.89. The first-order valence-electron chi connectivity index (χ1n) is 12.9. The SMILES string of the molecule is CC(C)(C)C(=O)N1CCC(c2cc(-c3cc(Cl)cc(Cl)c3)nn2Cc2ccc(C(=O)N/C(N)=N/N=N)cc2)CC1. The normalized spacial score (nSPS) is 14.7. The zero-order chi connectivity index (χ0) is 29.0. The lowest BCUT2D eigenvalue weighted by Crippen LogP contribution is -2.43. The van der Waals surface area contributed by atoms with Crippen LogP contribution in [0.2, 0.25) is 10.0 Å². The van der Waals surface area contributed by atoms with Gasteiger partial charge in [0, 0.05) is 51.3 Å². The fourth-order valence-corrected chi connectivity index (χ4v) is 5.31. The third-order valence-corrected chi connectivity index (χ3v) is 7.20. The van der Waals surface area contributed by atoms with Gasteiger partial charge in [0.15, 0.2) is 0 Å². The number of carbonyl (C=O) groups excluding carboxylic acids is 2. The van der Waals surface area contributed by atoms with Crippen molar-refractivity contribution < 1.29 is 9.59 Å². The molecule has 4 rings (SSSR count). The monoisotopic (exact) mass is 582 g/mol. The smallest absolute Gasteiger partial charge is 0.257 e. The molecule has 0 aliphatic carbocycles. The number of rotatable bonds is 6. The fourth-order valence-electron chi connectivity index (χ4n) is 4.78. The van der Waals surface area contributed by atoms with Crippen LogP contribution in [0.1, 0.15) is 61.1 Å². The molecule has 1 fully saturated rings. The van der Waals surface area contributed by atoms with Crippen LogP contribution in [0, 0.1) is 10.9 Å². The predicted octanol–water partition coefficient (Wildman–Crippen LogP) is 5.65. The molecule has 2 heterocycles. The largest absolute Gasteiger partial charge is 0.368 e. The van der Waals surface area contributed by atoms with Crippen molar-refractivity contribution in [3.8, 4) is 11.3 Å². The Morgan fingerprint density at radius 2 is 1.70 bits per heavy atom. The van der Waals surface area contributed by atoms with E-state index in [9.17, 15) is 9.59 Å². The molecule has 0 spiro atoms. The molecule has 0 radical (unpaired) electrons. The number of piperidine rings is 1. The Labute approximate surface area is 243 Å². The fraction of sp³-hybridized carbons (Fsp3) is 0.357. The van der Waals surface area contributed by atoms with Crippen LogP contribution in [0.15, 0.2) is 58.9 Å². The number of nitrogens with zero attached hydrogens (tertiary/aromatic N) is 5. The lowest BCUT2D eigenvalue weighted by Gasteiger charge is -2.35. The summed E-state index contributed by atoms with van der Waals surface area (Å²) in [6.07, 6.45) is 1.66. The standard InChI is InChI=1S/C28H32Cl2N8O2/c1-28(2,3)26(40)37-10-8-18(9-11-37)24-15-23(20-12-21(29)14-22(30)13-20)35-38(24)16-17-4-6-19(7-5-17)25(39)33-27(31)34-36-32/h4-7,12-15,18H,8-11,16H2,1-3H3,(H4,31,32,33,34,39). The number of benzene rings is 2. The Balaban J connectivity index is 1.59. The zero-order valence-corrected chi connectivity index (χ0v) is 24.1. The molecule has 0 bridgehead atoms. The van der Waals surface area contributed by atoms with E-state index in [1.165, 1.54) is 0 Å². The van der Waals surface area contributed by atoms with E-state index in [4.69, 9.17) is 39.6 Å². The number of guanidine groups is 1. The molecule has 210 valence electrons. The van der Waals surface area contributed by atoms with Gasteiger partial charge < -0.3 is 10.6 Å². The summed E-state index contributed by atoms with van der Waals surface area (Å²) in [5, 5.41) is 14.5. The maximum Gasteiger partial charge on any atom is 0.257 e. The van der Waals surface area contributed by atoms with E-state index >= 15 is 0 Å². The van der Waals surface area contributed by atoms with Crippen LogP contribution < -0.4 is 11.1 Å². The van der Waals surface area contributed by atoms with E-state index in [2.05, 4.69) is 21.7 Å². The first kappa shape index (κ1) is 29.2. The zero-order valence-electron chi connectivity index (χ0n) is 22.6. The highest BCUT2D eigenvalue weighted by molar-refractivity contribution is 6.35. The highest BCUT2D eigenvalue weighted by Gasteiger charge is 2.32. The first-order valence-corrected chi connectivity index (χ1v) is 13.6. The number of carbonyl (C=O) groups is 2. The number of likely N-dealkylation sites (tertiary alicyclic amines) is 1. The Kier molecular flexibility index (Phi) is 8.90. The third kappa shape index (κ3) is 7.05. The minimum Gasteiger partial charge on any atom is -0.368 e. The van der Waals surface area contributed by atoms with Crippen molar-refractivity contribution in [1.82, 2.24) is 20.0 Å². The number of halogens is 2. The molecule has 40 heavy (non-hydrogen) atoms. The molecular weight excluding hydrogens is 551 g/mol. The molecule has 2 amide bonds. The van der Waals surface area contributed by atoms with Crippen LogP contribution in [-0.4, -0.2) is 45.5 Å². The molecule has 0 atom stereocenters. The van der Waals surface area contributed by atoms with Gasteiger partial charge in [-0.1, -0.05) is 61.2 Å². The molecule has 3 aromatic rings. The highest BCUT2D eigenvalue weighted by atomic mass is 35.5. The number of hydrogen-bond donors (Lipinski definition) is 3. The number of aromatic nitrogens is 2. The maximum absolute atomic E-state index is 12.8. The summed E-state index contributed by atoms with van der Waals surface area (Å²) >= 11 is 12.6. The lowest BCUT2D eigenvalue weighted by molar-refractivity contribution is -0.140. The Morgan fingerprint density at radius 3 is 2.27 bits per heavy atom. The van der Waals surface area contributed by atoms with E-state index < -0.39 is 11.3 Å². The van der Waals surface area contributed by atoms with Crippen molar-refractivity contribution in [2.45, 2.75) is 46.1 Å². The van der Waals surface area contributed by atoms with Crippen LogP contribution in [0.4, 0.5) is 0 Å². The molecule has 1 aromatic heterocycles. The van der Waals surface area contributed by atoms with E-state index in [-0.39, 0.29) is 17.8 Å². The van der Waals surface area contributed by atoms with Crippen molar-refractivity contribution >= 4 is 41.0 Å². The number of nitrogens with one attached hydrogen (secondary N) is 2. The van der Waals surface area contributed by atoms with Crippen molar-refractivity contribution in [2.75, 3.05) is 13.1 Å². The summed E-state index contributed by atoms with van der Waals surface area (Å²) in [6, 6.07) is 14.5. The second-order valence-electron chi connectivity index (χ2n) is 10.8. The molecule has 1 saturated heterocycles. The first-order chi connectivity index (χ1) is 18.9. The minimum absolute atomic E-state index is 0.167. The number of nitrogens with two attached hydrogens (primary N) is 1. The third-order valence-electron chi connectivity index (χ3n) is 6.76. The summed E-state index contributed by atoms with van der Waals surface area (Å²) < 4.78 is 1.98. The predicted molar refractivity (Wildman–Crippen MR) is 155 cm³/mol. The van der Waals surface area contributed by atoms with Gasteiger partial charge in [-0.15, -0.1) is 0 Å². The van der Waals surface area contributed by atoms with Crippen molar-refractivity contribution in [2.24, 2.45) is 21.5 Å². The quantitative estimate of drug-likeness (QED) is 0.149. The second-order valence-corrected chi connectivity index (χ2v) is 11.7. The van der Waals surface area contributed by atoms with Crippen molar-refractivity contribution in [3.63, 3.8) is 0 Å². The van der Waals surface area contributed by atoms with Gasteiger partial charge in [0.1, 0.15) is 0 Å². The van der Waals surface area contributed by atoms with Crippen LogP contribution >= 0.6 is 23.2 Å². The summed E-state index contributed by atoms with van der Waals surface area (Å²) in [5.41, 5.74) is 15.8. The van der Waals surface area contributed by atoms with Crippen molar-refractivity contribution in [1.29, 1.82) is 5.53 Å². The molecule has 0 saturated carbocycles.